The molecule has 0 aliphatic heterocycles. The average molecular weight is 236 g/mol. The first-order chi connectivity index (χ1) is 8.77. The fourth-order valence-electron chi connectivity index (χ4n) is 2.19. The molecule has 0 unspecified atom stereocenters. The van der Waals surface area contributed by atoms with Crippen molar-refractivity contribution in [3.63, 3.8) is 0 Å². The maximum Gasteiger partial charge on any atom is 0.200 e. The second-order valence-electron chi connectivity index (χ2n) is 4.22. The molecule has 2 heteroatoms. The molecule has 0 bridgehead atoms. The van der Waals surface area contributed by atoms with E-state index in [1.165, 1.54) is 0 Å². The number of para-hydroxylation sites is 1. The molecule has 2 aromatic carbocycles. The maximum atomic E-state index is 12.5. The zero-order valence-electron chi connectivity index (χ0n) is 10.0. The number of rotatable bonds is 1. The van der Waals surface area contributed by atoms with Crippen LogP contribution in [0.1, 0.15) is 5.76 Å². The fraction of sp³-hybridized carbons (Fsp3) is 0.0625. The molecule has 2 nitrogen and oxygen atoms in total. The molecular weight excluding hydrogens is 224 g/mol. The number of benzene rings is 2. The first-order valence-electron chi connectivity index (χ1n) is 5.85. The quantitative estimate of drug-likeness (QED) is 0.643. The molecule has 0 N–H and O–H groups in total. The molecule has 0 spiro atoms. The Morgan fingerprint density at radius 1 is 0.889 bits per heavy atom. The molecular formula is C16H12O2. The summed E-state index contributed by atoms with van der Waals surface area (Å²) in [7, 11) is 0. The topological polar surface area (TPSA) is 30.2 Å². The van der Waals surface area contributed by atoms with Crippen molar-refractivity contribution in [3.8, 4) is 11.1 Å². The van der Waals surface area contributed by atoms with Crippen molar-refractivity contribution in [1.29, 1.82) is 0 Å². The smallest absolute Gasteiger partial charge is 0.200 e. The Labute approximate surface area is 105 Å². The summed E-state index contributed by atoms with van der Waals surface area (Å²) in [5, 5.41) is 0.627. The number of hydrogen-bond donors (Lipinski definition) is 0. The molecule has 3 aromatic rings. The number of fused-ring (bicyclic) bond motifs is 1. The molecule has 0 amide bonds. The van der Waals surface area contributed by atoms with E-state index in [4.69, 9.17) is 4.42 Å². The van der Waals surface area contributed by atoms with Crippen LogP contribution >= 0.6 is 0 Å². The lowest BCUT2D eigenvalue weighted by molar-refractivity contribution is 0.567. The van der Waals surface area contributed by atoms with Crippen LogP contribution in [0, 0.1) is 6.92 Å². The van der Waals surface area contributed by atoms with Crippen molar-refractivity contribution in [1.82, 2.24) is 0 Å². The van der Waals surface area contributed by atoms with Gasteiger partial charge in [-0.3, -0.25) is 4.79 Å². The lowest BCUT2D eigenvalue weighted by Crippen LogP contribution is -2.07. The summed E-state index contributed by atoms with van der Waals surface area (Å²) in [6, 6.07) is 17.0. The van der Waals surface area contributed by atoms with Crippen molar-refractivity contribution in [3.05, 3.63) is 70.6 Å². The highest BCUT2D eigenvalue weighted by atomic mass is 16.3. The third-order valence-electron chi connectivity index (χ3n) is 3.04. The third-order valence-corrected chi connectivity index (χ3v) is 3.04. The molecule has 3 rings (SSSR count). The molecule has 0 aliphatic rings. The van der Waals surface area contributed by atoms with E-state index in [0.717, 1.165) is 5.56 Å². The van der Waals surface area contributed by atoms with Crippen LogP contribution in [0.25, 0.3) is 22.1 Å². The minimum atomic E-state index is 0.0283. The SMILES string of the molecule is Cc1oc2ccccc2c(=O)c1-c1ccccc1. The van der Waals surface area contributed by atoms with Gasteiger partial charge in [0.1, 0.15) is 11.3 Å². The van der Waals surface area contributed by atoms with Gasteiger partial charge in [-0.15, -0.1) is 0 Å². The van der Waals surface area contributed by atoms with Gasteiger partial charge in [-0.1, -0.05) is 42.5 Å². The van der Waals surface area contributed by atoms with Gasteiger partial charge in [0.2, 0.25) is 5.43 Å². The number of aryl methyl sites for hydroxylation is 1. The zero-order valence-corrected chi connectivity index (χ0v) is 10.0. The van der Waals surface area contributed by atoms with Crippen molar-refractivity contribution >= 4 is 11.0 Å². The Kier molecular flexibility index (Phi) is 2.49. The van der Waals surface area contributed by atoms with Crippen LogP contribution in [-0.2, 0) is 0 Å². The molecule has 0 aliphatic carbocycles. The Bertz CT molecular complexity index is 755. The van der Waals surface area contributed by atoms with Gasteiger partial charge in [-0.05, 0) is 24.6 Å². The molecule has 0 fully saturated rings. The summed E-state index contributed by atoms with van der Waals surface area (Å²) in [6.07, 6.45) is 0. The van der Waals surface area contributed by atoms with Gasteiger partial charge in [0.05, 0.1) is 10.9 Å². The van der Waals surface area contributed by atoms with Gasteiger partial charge in [0.25, 0.3) is 0 Å². The molecule has 18 heavy (non-hydrogen) atoms. The van der Waals surface area contributed by atoms with Crippen LogP contribution in [0.4, 0.5) is 0 Å². The van der Waals surface area contributed by atoms with E-state index >= 15 is 0 Å². The van der Waals surface area contributed by atoms with E-state index in [1.54, 1.807) is 6.07 Å². The minimum Gasteiger partial charge on any atom is -0.460 e. The van der Waals surface area contributed by atoms with E-state index in [0.29, 0.717) is 22.3 Å². The summed E-state index contributed by atoms with van der Waals surface area (Å²) in [4.78, 5) is 12.5. The zero-order chi connectivity index (χ0) is 12.5. The van der Waals surface area contributed by atoms with Crippen LogP contribution < -0.4 is 5.43 Å². The van der Waals surface area contributed by atoms with E-state index in [-0.39, 0.29) is 5.43 Å². The Balaban J connectivity index is 2.41. The Morgan fingerprint density at radius 2 is 1.56 bits per heavy atom. The van der Waals surface area contributed by atoms with Crippen molar-refractivity contribution < 1.29 is 4.42 Å². The monoisotopic (exact) mass is 236 g/mol. The third kappa shape index (κ3) is 1.63. The summed E-state index contributed by atoms with van der Waals surface area (Å²) in [5.74, 6) is 0.657. The van der Waals surface area contributed by atoms with Gasteiger partial charge < -0.3 is 4.42 Å². The van der Waals surface area contributed by atoms with Crippen LogP contribution in [0.2, 0.25) is 0 Å². The van der Waals surface area contributed by atoms with Crippen LogP contribution in [0.5, 0.6) is 0 Å². The van der Waals surface area contributed by atoms with Crippen molar-refractivity contribution in [2.45, 2.75) is 6.92 Å². The molecule has 0 saturated carbocycles. The number of hydrogen-bond acceptors (Lipinski definition) is 2. The van der Waals surface area contributed by atoms with Crippen molar-refractivity contribution in [2.75, 3.05) is 0 Å². The lowest BCUT2D eigenvalue weighted by atomic mass is 10.0. The lowest BCUT2D eigenvalue weighted by Gasteiger charge is -2.06. The van der Waals surface area contributed by atoms with E-state index < -0.39 is 0 Å². The highest BCUT2D eigenvalue weighted by Gasteiger charge is 2.12. The molecule has 1 aromatic heterocycles. The minimum absolute atomic E-state index is 0.0283. The first kappa shape index (κ1) is 10.8. The normalized spacial score (nSPS) is 10.7. The first-order valence-corrected chi connectivity index (χ1v) is 5.85. The van der Waals surface area contributed by atoms with E-state index in [2.05, 4.69) is 0 Å². The average Bonchev–Trinajstić information content (AvgIpc) is 2.40. The Hall–Kier alpha value is -2.35. The summed E-state index contributed by atoms with van der Waals surface area (Å²) < 4.78 is 5.73. The molecule has 1 heterocycles. The Morgan fingerprint density at radius 3 is 2.33 bits per heavy atom. The predicted octanol–water partition coefficient (Wildman–Crippen LogP) is 3.77. The highest BCUT2D eigenvalue weighted by Crippen LogP contribution is 2.23. The van der Waals surface area contributed by atoms with Gasteiger partial charge in [-0.2, -0.15) is 0 Å². The highest BCUT2D eigenvalue weighted by molar-refractivity contribution is 5.82. The predicted molar refractivity (Wildman–Crippen MR) is 72.7 cm³/mol. The van der Waals surface area contributed by atoms with Crippen LogP contribution in [0.3, 0.4) is 0 Å². The maximum absolute atomic E-state index is 12.5. The van der Waals surface area contributed by atoms with Gasteiger partial charge in [0, 0.05) is 0 Å². The van der Waals surface area contributed by atoms with Crippen molar-refractivity contribution in [2.24, 2.45) is 0 Å². The summed E-state index contributed by atoms with van der Waals surface area (Å²) in [6.45, 7) is 1.83. The molecule has 0 atom stereocenters. The second-order valence-corrected chi connectivity index (χ2v) is 4.22. The second kappa shape index (κ2) is 4.15. The molecule has 88 valence electrons. The fourth-order valence-corrected chi connectivity index (χ4v) is 2.19. The van der Waals surface area contributed by atoms with Crippen LogP contribution in [0.15, 0.2) is 63.8 Å². The standard InChI is InChI=1S/C16H12O2/c1-11-15(12-7-3-2-4-8-12)16(17)13-9-5-6-10-14(13)18-11/h2-10H,1H3. The molecule has 0 saturated heterocycles. The molecule has 0 radical (unpaired) electrons. The summed E-state index contributed by atoms with van der Waals surface area (Å²) in [5.41, 5.74) is 2.21. The van der Waals surface area contributed by atoms with Gasteiger partial charge in [-0.25, -0.2) is 0 Å². The van der Waals surface area contributed by atoms with Gasteiger partial charge >= 0.3 is 0 Å². The van der Waals surface area contributed by atoms with Gasteiger partial charge in [0.15, 0.2) is 0 Å². The van der Waals surface area contributed by atoms with Crippen LogP contribution in [-0.4, -0.2) is 0 Å². The van der Waals surface area contributed by atoms with E-state index in [9.17, 15) is 4.79 Å². The van der Waals surface area contributed by atoms with E-state index in [1.807, 2.05) is 55.5 Å². The summed E-state index contributed by atoms with van der Waals surface area (Å²) >= 11 is 0. The largest absolute Gasteiger partial charge is 0.460 e.